The molecule has 0 saturated carbocycles. The number of nitrogens with one attached hydrogen (secondary N) is 1. The number of amides is 1. The molecule has 1 unspecified atom stereocenters. The maximum Gasteiger partial charge on any atom is 0.229 e. The molecule has 1 aromatic heterocycles. The fraction of sp³-hybridized carbons (Fsp3) is 0.304. The molecule has 2 aliphatic rings. The minimum absolute atomic E-state index is 0.0206. The predicted molar refractivity (Wildman–Crippen MR) is 112 cm³/mol. The zero-order valence-electron chi connectivity index (χ0n) is 16.6. The number of rotatable bonds is 3. The Morgan fingerprint density at radius 1 is 1.17 bits per heavy atom. The second-order valence-corrected chi connectivity index (χ2v) is 8.27. The molecule has 1 amide bonds. The lowest BCUT2D eigenvalue weighted by Gasteiger charge is -2.38. The van der Waals surface area contributed by atoms with Gasteiger partial charge in [-0.1, -0.05) is 41.6 Å². The van der Waals surface area contributed by atoms with Gasteiger partial charge in [0.05, 0.1) is 35.6 Å². The van der Waals surface area contributed by atoms with Crippen molar-refractivity contribution >= 4 is 17.3 Å². The molecule has 3 aromatic rings. The number of aromatic nitrogens is 3. The number of carbonyl (C=O) groups excluding carboxylic acids is 1. The molecule has 29 heavy (non-hydrogen) atoms. The third kappa shape index (κ3) is 2.95. The molecular weight excluding hydrogens is 362 g/mol. The molecule has 1 N–H and O–H groups in total. The van der Waals surface area contributed by atoms with Crippen LogP contribution in [0, 0.1) is 5.92 Å². The summed E-state index contributed by atoms with van der Waals surface area (Å²) in [6, 6.07) is 16.3. The first-order valence-corrected chi connectivity index (χ1v) is 9.98. The molecule has 6 heteroatoms. The lowest BCUT2D eigenvalue weighted by molar-refractivity contribution is -0.124. The normalized spacial score (nSPS) is 19.2. The molecule has 0 saturated heterocycles. The minimum Gasteiger partial charge on any atom is -0.326 e. The van der Waals surface area contributed by atoms with E-state index in [0.717, 1.165) is 41.1 Å². The fourth-order valence-electron chi connectivity index (χ4n) is 4.49. The van der Waals surface area contributed by atoms with Crippen molar-refractivity contribution in [2.45, 2.75) is 38.8 Å². The largest absolute Gasteiger partial charge is 0.326 e. The molecule has 1 atom stereocenters. The van der Waals surface area contributed by atoms with Gasteiger partial charge in [0, 0.05) is 16.8 Å². The molecule has 5 rings (SSSR count). The Morgan fingerprint density at radius 3 is 2.83 bits per heavy atom. The monoisotopic (exact) mass is 385 g/mol. The van der Waals surface area contributed by atoms with Crippen LogP contribution in [0.2, 0.25) is 0 Å². The van der Waals surface area contributed by atoms with Gasteiger partial charge in [0.25, 0.3) is 0 Å². The number of aliphatic imine (C=N–C) groups is 1. The van der Waals surface area contributed by atoms with Gasteiger partial charge in [-0.15, -0.1) is 5.10 Å². The number of aryl methyl sites for hydroxylation is 1. The minimum atomic E-state index is -0.415. The quantitative estimate of drug-likeness (QED) is 0.749. The Morgan fingerprint density at radius 2 is 2.00 bits per heavy atom. The summed E-state index contributed by atoms with van der Waals surface area (Å²) < 4.78 is 1.89. The Bertz CT molecular complexity index is 1110. The van der Waals surface area contributed by atoms with Crippen LogP contribution in [0.5, 0.6) is 0 Å². The second kappa shape index (κ2) is 6.65. The summed E-state index contributed by atoms with van der Waals surface area (Å²) in [4.78, 5) is 17.9. The van der Waals surface area contributed by atoms with Gasteiger partial charge in [-0.3, -0.25) is 9.79 Å². The van der Waals surface area contributed by atoms with Crippen LogP contribution < -0.4 is 5.32 Å². The molecule has 0 bridgehead atoms. The third-order valence-electron chi connectivity index (χ3n) is 6.11. The summed E-state index contributed by atoms with van der Waals surface area (Å²) in [5.74, 6) is -0.153. The Hall–Kier alpha value is -3.28. The van der Waals surface area contributed by atoms with Crippen LogP contribution >= 0.6 is 0 Å². The molecular formula is C23H23N5O. The van der Waals surface area contributed by atoms with Gasteiger partial charge in [0.15, 0.2) is 0 Å². The van der Waals surface area contributed by atoms with E-state index in [1.807, 2.05) is 35.0 Å². The summed E-state index contributed by atoms with van der Waals surface area (Å²) in [6.45, 7) is 4.79. The highest BCUT2D eigenvalue weighted by Crippen LogP contribution is 2.35. The van der Waals surface area contributed by atoms with Crippen molar-refractivity contribution in [2.75, 3.05) is 5.32 Å². The van der Waals surface area contributed by atoms with Crippen molar-refractivity contribution in [3.63, 3.8) is 0 Å². The molecule has 3 heterocycles. The van der Waals surface area contributed by atoms with E-state index < -0.39 is 5.54 Å². The number of nitrogens with zero attached hydrogens (tertiary/aromatic N) is 4. The van der Waals surface area contributed by atoms with E-state index in [4.69, 9.17) is 4.99 Å². The van der Waals surface area contributed by atoms with Gasteiger partial charge in [-0.05, 0) is 44.4 Å². The van der Waals surface area contributed by atoms with Crippen LogP contribution in [0.1, 0.15) is 42.7 Å². The van der Waals surface area contributed by atoms with E-state index in [-0.39, 0.29) is 11.8 Å². The molecule has 0 radical (unpaired) electrons. The van der Waals surface area contributed by atoms with Gasteiger partial charge >= 0.3 is 0 Å². The second-order valence-electron chi connectivity index (χ2n) is 8.27. The summed E-state index contributed by atoms with van der Waals surface area (Å²) in [6.07, 6.45) is 3.39. The van der Waals surface area contributed by atoms with Gasteiger partial charge in [0.2, 0.25) is 5.91 Å². The van der Waals surface area contributed by atoms with Crippen molar-refractivity contribution < 1.29 is 4.79 Å². The van der Waals surface area contributed by atoms with Gasteiger partial charge in [-0.25, -0.2) is 4.68 Å². The van der Waals surface area contributed by atoms with Gasteiger partial charge in [0.1, 0.15) is 0 Å². The average molecular weight is 385 g/mol. The smallest absolute Gasteiger partial charge is 0.229 e. The first-order chi connectivity index (χ1) is 14.0. The third-order valence-corrected chi connectivity index (χ3v) is 6.11. The Kier molecular flexibility index (Phi) is 4.08. The molecule has 146 valence electrons. The standard InChI is InChI=1S/C23H23N5O/c1-23(2)20(11-10-18-14-25-27-28(18)23)22(29)26-17-9-8-16-13-24-21(19(16)12-17)15-6-4-3-5-7-15/h3-9,12,14,20H,10-11,13H2,1-2H3,(H,26,29). The van der Waals surface area contributed by atoms with Crippen LogP contribution in [0.3, 0.4) is 0 Å². The highest BCUT2D eigenvalue weighted by molar-refractivity contribution is 6.15. The lowest BCUT2D eigenvalue weighted by atomic mass is 9.80. The molecule has 2 aliphatic heterocycles. The number of hydrogen-bond donors (Lipinski definition) is 1. The van der Waals surface area contributed by atoms with Crippen LogP contribution in [0.4, 0.5) is 5.69 Å². The maximum absolute atomic E-state index is 13.2. The average Bonchev–Trinajstić information content (AvgIpc) is 3.36. The van der Waals surface area contributed by atoms with Crippen molar-refractivity contribution in [2.24, 2.45) is 10.9 Å². The van der Waals surface area contributed by atoms with Gasteiger partial charge < -0.3 is 5.32 Å². The van der Waals surface area contributed by atoms with Gasteiger partial charge in [-0.2, -0.15) is 0 Å². The SMILES string of the molecule is CC1(C)C(C(=O)Nc2ccc3c(c2)C(c2ccccc2)=NC3)CCc2cnnn21. The molecule has 0 fully saturated rings. The molecule has 0 aliphatic carbocycles. The molecule has 0 spiro atoms. The van der Waals surface area contributed by atoms with E-state index >= 15 is 0 Å². The van der Waals surface area contributed by atoms with E-state index in [1.54, 1.807) is 6.20 Å². The molecule has 2 aromatic carbocycles. The topological polar surface area (TPSA) is 72.2 Å². The number of anilines is 1. The predicted octanol–water partition coefficient (Wildman–Crippen LogP) is 3.57. The maximum atomic E-state index is 13.2. The first kappa shape index (κ1) is 17.8. The molecule has 6 nitrogen and oxygen atoms in total. The lowest BCUT2D eigenvalue weighted by Crippen LogP contribution is -2.46. The first-order valence-electron chi connectivity index (χ1n) is 9.98. The van der Waals surface area contributed by atoms with Crippen molar-refractivity contribution in [1.82, 2.24) is 15.0 Å². The zero-order chi connectivity index (χ0) is 20.0. The fourth-order valence-corrected chi connectivity index (χ4v) is 4.49. The highest BCUT2D eigenvalue weighted by atomic mass is 16.2. The summed E-state index contributed by atoms with van der Waals surface area (Å²) in [7, 11) is 0. The van der Waals surface area contributed by atoms with E-state index in [0.29, 0.717) is 6.54 Å². The van der Waals surface area contributed by atoms with Crippen LogP contribution in [0.25, 0.3) is 0 Å². The summed E-state index contributed by atoms with van der Waals surface area (Å²) in [5.41, 5.74) is 5.84. The number of fused-ring (bicyclic) bond motifs is 2. The summed E-state index contributed by atoms with van der Waals surface area (Å²) in [5, 5.41) is 11.4. The number of carbonyl (C=O) groups is 1. The Balaban J connectivity index is 1.40. The van der Waals surface area contributed by atoms with Crippen molar-refractivity contribution in [3.05, 3.63) is 77.1 Å². The van der Waals surface area contributed by atoms with Crippen LogP contribution in [0.15, 0.2) is 59.7 Å². The van der Waals surface area contributed by atoms with E-state index in [2.05, 4.69) is 47.7 Å². The highest BCUT2D eigenvalue weighted by Gasteiger charge is 2.41. The van der Waals surface area contributed by atoms with Crippen LogP contribution in [-0.2, 0) is 23.3 Å². The van der Waals surface area contributed by atoms with Crippen LogP contribution in [-0.4, -0.2) is 26.6 Å². The zero-order valence-corrected chi connectivity index (χ0v) is 16.6. The van der Waals surface area contributed by atoms with Crippen molar-refractivity contribution in [1.29, 1.82) is 0 Å². The van der Waals surface area contributed by atoms with E-state index in [1.165, 1.54) is 5.56 Å². The van der Waals surface area contributed by atoms with Crippen molar-refractivity contribution in [3.8, 4) is 0 Å². The summed E-state index contributed by atoms with van der Waals surface area (Å²) >= 11 is 0. The number of benzene rings is 2. The number of hydrogen-bond acceptors (Lipinski definition) is 4. The Labute approximate surface area is 169 Å². The van der Waals surface area contributed by atoms with E-state index in [9.17, 15) is 4.79 Å².